The first-order valence-corrected chi connectivity index (χ1v) is 9.96. The summed E-state index contributed by atoms with van der Waals surface area (Å²) in [6.45, 7) is 4.47. The number of aryl methyl sites for hydroxylation is 2. The van der Waals surface area contributed by atoms with Crippen molar-refractivity contribution in [3.8, 4) is 0 Å². The van der Waals surface area contributed by atoms with Crippen LogP contribution in [0.4, 0.5) is 0 Å². The van der Waals surface area contributed by atoms with Crippen LogP contribution in [0, 0.1) is 13.8 Å². The summed E-state index contributed by atoms with van der Waals surface area (Å²) in [5, 5.41) is 3.97. The van der Waals surface area contributed by atoms with Crippen LogP contribution in [0.2, 0.25) is 5.15 Å². The molecule has 0 spiro atoms. The first kappa shape index (κ1) is 18.8. The molecule has 0 aromatic carbocycles. The molecule has 0 aliphatic carbocycles. The average molecular weight is 399 g/mol. The van der Waals surface area contributed by atoms with Crippen LogP contribution in [0.3, 0.4) is 0 Å². The summed E-state index contributed by atoms with van der Waals surface area (Å²) in [4.78, 5) is 18.3. The molecule has 0 saturated carbocycles. The predicted molar refractivity (Wildman–Crippen MR) is 94.5 cm³/mol. The highest BCUT2D eigenvalue weighted by Gasteiger charge is 2.33. The molecule has 140 valence electrons. The summed E-state index contributed by atoms with van der Waals surface area (Å²) in [6, 6.07) is 3.10. The fourth-order valence-corrected chi connectivity index (χ4v) is 4.96. The van der Waals surface area contributed by atoms with Gasteiger partial charge in [0, 0.05) is 37.9 Å². The minimum absolute atomic E-state index is 0.109. The van der Waals surface area contributed by atoms with Crippen LogP contribution in [-0.4, -0.2) is 59.8 Å². The molecule has 0 radical (unpaired) electrons. The maximum absolute atomic E-state index is 12.9. The third-order valence-electron chi connectivity index (χ3n) is 4.28. The highest BCUT2D eigenvalue weighted by molar-refractivity contribution is 7.89. The van der Waals surface area contributed by atoms with Gasteiger partial charge in [-0.2, -0.15) is 4.31 Å². The van der Waals surface area contributed by atoms with E-state index in [9.17, 15) is 13.2 Å². The molecule has 1 amide bonds. The highest BCUT2D eigenvalue weighted by atomic mass is 35.5. The van der Waals surface area contributed by atoms with Gasteiger partial charge in [-0.15, -0.1) is 0 Å². The zero-order valence-electron chi connectivity index (χ0n) is 14.5. The minimum atomic E-state index is -3.72. The van der Waals surface area contributed by atoms with E-state index in [1.54, 1.807) is 24.8 Å². The van der Waals surface area contributed by atoms with Gasteiger partial charge < -0.3 is 9.42 Å². The van der Waals surface area contributed by atoms with Crippen LogP contribution in [0.5, 0.6) is 0 Å². The molecule has 0 bridgehead atoms. The Bertz CT molecular complexity index is 909. The minimum Gasteiger partial charge on any atom is -0.360 e. The normalized spacial score (nSPS) is 16.5. The number of carbonyl (C=O) groups is 1. The summed E-state index contributed by atoms with van der Waals surface area (Å²) in [5.41, 5.74) is 0.776. The molecule has 26 heavy (non-hydrogen) atoms. The van der Waals surface area contributed by atoms with Gasteiger partial charge in [-0.25, -0.2) is 13.4 Å². The fraction of sp³-hybridized carbons (Fsp3) is 0.438. The van der Waals surface area contributed by atoms with E-state index in [-0.39, 0.29) is 28.3 Å². The predicted octanol–water partition coefficient (Wildman–Crippen LogP) is 1.88. The highest BCUT2D eigenvalue weighted by Crippen LogP contribution is 2.24. The maximum Gasteiger partial charge on any atom is 0.254 e. The van der Waals surface area contributed by atoms with Gasteiger partial charge in [-0.05, 0) is 32.4 Å². The third-order valence-corrected chi connectivity index (χ3v) is 6.63. The average Bonchev–Trinajstić information content (AvgIpc) is 2.81. The lowest BCUT2D eigenvalue weighted by Gasteiger charge is -2.22. The van der Waals surface area contributed by atoms with Crippen molar-refractivity contribution in [2.75, 3.05) is 26.2 Å². The molecule has 0 unspecified atom stereocenters. The standard InChI is InChI=1S/C16H19ClN4O4S/c1-11-15(12(2)25-19-11)26(23,24)21-7-3-6-20(8-9-21)16(22)13-4-5-18-14(17)10-13/h4-5,10H,3,6-9H2,1-2H3. The van der Waals surface area contributed by atoms with Gasteiger partial charge in [0.1, 0.15) is 15.7 Å². The lowest BCUT2D eigenvalue weighted by molar-refractivity contribution is 0.0764. The largest absolute Gasteiger partial charge is 0.360 e. The second-order valence-corrected chi connectivity index (χ2v) is 8.33. The zero-order chi connectivity index (χ0) is 18.9. The van der Waals surface area contributed by atoms with E-state index in [0.29, 0.717) is 37.3 Å². The van der Waals surface area contributed by atoms with Crippen molar-refractivity contribution in [3.63, 3.8) is 0 Å². The van der Waals surface area contributed by atoms with Crippen molar-refractivity contribution in [2.45, 2.75) is 25.2 Å². The molecule has 1 saturated heterocycles. The Hall–Kier alpha value is -1.97. The SMILES string of the molecule is Cc1noc(C)c1S(=O)(=O)N1CCCN(C(=O)c2ccnc(Cl)c2)CC1. The summed E-state index contributed by atoms with van der Waals surface area (Å²) >= 11 is 5.85. The molecule has 10 heteroatoms. The van der Waals surface area contributed by atoms with E-state index in [4.69, 9.17) is 16.1 Å². The van der Waals surface area contributed by atoms with Crippen molar-refractivity contribution >= 4 is 27.5 Å². The van der Waals surface area contributed by atoms with Crippen molar-refractivity contribution in [3.05, 3.63) is 40.5 Å². The number of nitrogens with zero attached hydrogens (tertiary/aromatic N) is 4. The molecular weight excluding hydrogens is 380 g/mol. The van der Waals surface area contributed by atoms with Crippen LogP contribution < -0.4 is 0 Å². The number of pyridine rings is 1. The van der Waals surface area contributed by atoms with Gasteiger partial charge in [0.25, 0.3) is 5.91 Å². The smallest absolute Gasteiger partial charge is 0.254 e. The van der Waals surface area contributed by atoms with E-state index in [2.05, 4.69) is 10.1 Å². The van der Waals surface area contributed by atoms with E-state index in [1.165, 1.54) is 16.6 Å². The number of hydrogen-bond donors (Lipinski definition) is 0. The van der Waals surface area contributed by atoms with Gasteiger partial charge >= 0.3 is 0 Å². The second-order valence-electron chi connectivity index (χ2n) is 6.07. The van der Waals surface area contributed by atoms with Gasteiger partial charge in [-0.1, -0.05) is 16.8 Å². The second kappa shape index (κ2) is 7.34. The van der Waals surface area contributed by atoms with E-state index in [1.807, 2.05) is 0 Å². The van der Waals surface area contributed by atoms with Crippen molar-refractivity contribution in [2.24, 2.45) is 0 Å². The lowest BCUT2D eigenvalue weighted by atomic mass is 10.2. The monoisotopic (exact) mass is 398 g/mol. The number of sulfonamides is 1. The topological polar surface area (TPSA) is 96.6 Å². The summed E-state index contributed by atoms with van der Waals surface area (Å²) in [5.74, 6) is 0.0805. The lowest BCUT2D eigenvalue weighted by Crippen LogP contribution is -2.37. The Kier molecular flexibility index (Phi) is 5.31. The van der Waals surface area contributed by atoms with Gasteiger partial charge in [0.2, 0.25) is 10.0 Å². The molecule has 3 rings (SSSR count). The summed E-state index contributed by atoms with van der Waals surface area (Å²) in [7, 11) is -3.72. The van der Waals surface area contributed by atoms with Crippen molar-refractivity contribution in [1.29, 1.82) is 0 Å². The Morgan fingerprint density at radius 3 is 2.65 bits per heavy atom. The number of aromatic nitrogens is 2. The fourth-order valence-electron chi connectivity index (χ4n) is 3.03. The summed E-state index contributed by atoms with van der Waals surface area (Å²) < 4.78 is 32.2. The quantitative estimate of drug-likeness (QED) is 0.732. The van der Waals surface area contributed by atoms with Crippen molar-refractivity contribution < 1.29 is 17.7 Å². The van der Waals surface area contributed by atoms with Crippen molar-refractivity contribution in [1.82, 2.24) is 19.3 Å². The molecule has 3 heterocycles. The van der Waals surface area contributed by atoms with Gasteiger partial charge in [0.05, 0.1) is 0 Å². The molecular formula is C16H19ClN4O4S. The number of halogens is 1. The number of rotatable bonds is 3. The summed E-state index contributed by atoms with van der Waals surface area (Å²) in [6.07, 6.45) is 2.01. The van der Waals surface area contributed by atoms with Crippen LogP contribution in [0.1, 0.15) is 28.2 Å². The Balaban J connectivity index is 1.77. The van der Waals surface area contributed by atoms with E-state index >= 15 is 0 Å². The Morgan fingerprint density at radius 1 is 1.23 bits per heavy atom. The van der Waals surface area contributed by atoms with Gasteiger partial charge in [-0.3, -0.25) is 4.79 Å². The Morgan fingerprint density at radius 2 is 2.00 bits per heavy atom. The molecule has 0 atom stereocenters. The van der Waals surface area contributed by atoms with Crippen LogP contribution >= 0.6 is 11.6 Å². The van der Waals surface area contributed by atoms with E-state index in [0.717, 1.165) is 0 Å². The molecule has 8 nitrogen and oxygen atoms in total. The molecule has 0 N–H and O–H groups in total. The number of carbonyl (C=O) groups excluding carboxylic acids is 1. The zero-order valence-corrected chi connectivity index (χ0v) is 16.0. The Labute approximate surface area is 156 Å². The first-order chi connectivity index (χ1) is 12.3. The van der Waals surface area contributed by atoms with Crippen LogP contribution in [0.25, 0.3) is 0 Å². The van der Waals surface area contributed by atoms with E-state index < -0.39 is 10.0 Å². The van der Waals surface area contributed by atoms with Gasteiger partial charge in [0.15, 0.2) is 5.76 Å². The molecule has 2 aromatic rings. The third kappa shape index (κ3) is 3.60. The molecule has 1 aliphatic heterocycles. The molecule has 1 fully saturated rings. The molecule has 2 aromatic heterocycles. The number of hydrogen-bond acceptors (Lipinski definition) is 6. The van der Waals surface area contributed by atoms with Crippen LogP contribution in [-0.2, 0) is 10.0 Å². The number of amides is 1. The molecule has 1 aliphatic rings. The first-order valence-electron chi connectivity index (χ1n) is 8.14. The maximum atomic E-state index is 12.9. The van der Waals surface area contributed by atoms with Crippen LogP contribution in [0.15, 0.2) is 27.7 Å².